The number of nitrogens with zero attached hydrogens (tertiary/aromatic N) is 4. The van der Waals surface area contributed by atoms with Gasteiger partial charge in [-0.25, -0.2) is 5.43 Å². The van der Waals surface area contributed by atoms with Crippen LogP contribution >= 0.6 is 12.2 Å². The smallest absolute Gasteiger partial charge is 0.271 e. The van der Waals surface area contributed by atoms with Gasteiger partial charge in [-0.2, -0.15) is 5.10 Å². The normalized spacial score (nSPS) is 10.9. The molecule has 2 heterocycles. The number of hydrazone groups is 1. The van der Waals surface area contributed by atoms with Crippen molar-refractivity contribution in [1.82, 2.24) is 19.5 Å². The third-order valence-corrected chi connectivity index (χ3v) is 3.81. The van der Waals surface area contributed by atoms with E-state index in [4.69, 9.17) is 12.2 Å². The van der Waals surface area contributed by atoms with Gasteiger partial charge in [0.1, 0.15) is 5.56 Å². The Morgan fingerprint density at radius 2 is 1.96 bits per heavy atom. The van der Waals surface area contributed by atoms with E-state index >= 15 is 0 Å². The largest absolute Gasteiger partial charge is 0.494 e. The number of hydrogen-bond donors (Lipinski definition) is 2. The Labute approximate surface area is 143 Å². The molecule has 0 spiro atoms. The second-order valence-corrected chi connectivity index (χ2v) is 5.11. The van der Waals surface area contributed by atoms with Gasteiger partial charge >= 0.3 is 0 Å². The zero-order valence-corrected chi connectivity index (χ0v) is 14.1. The van der Waals surface area contributed by atoms with Crippen LogP contribution < -0.4 is 11.0 Å². The third-order valence-electron chi connectivity index (χ3n) is 3.37. The molecule has 126 valence electrons. The van der Waals surface area contributed by atoms with Gasteiger partial charge in [0.2, 0.25) is 5.88 Å². The standard InChI is InChI=1S/C15H17N5O3S/c1-3-19-13(22)11(14(23)20(4-2)15(19)24)9-17-18-12(21)10-5-7-16-8-6-10/h5-9,22H,3-4H2,1-2H3,(H,18,21)/b17-9+. The van der Waals surface area contributed by atoms with Crippen molar-refractivity contribution in [3.05, 3.63) is 50.8 Å². The summed E-state index contributed by atoms with van der Waals surface area (Å²) in [6.07, 6.45) is 4.08. The predicted octanol–water partition coefficient (Wildman–Crippen LogP) is 1.28. The number of carbonyl (C=O) groups is 1. The van der Waals surface area contributed by atoms with E-state index < -0.39 is 11.5 Å². The molecular weight excluding hydrogens is 330 g/mol. The summed E-state index contributed by atoms with van der Waals surface area (Å²) in [5, 5.41) is 14.0. The summed E-state index contributed by atoms with van der Waals surface area (Å²) in [4.78, 5) is 28.1. The molecule has 9 heteroatoms. The van der Waals surface area contributed by atoms with Crippen LogP contribution in [0.15, 0.2) is 34.4 Å². The molecular formula is C15H17N5O3S. The van der Waals surface area contributed by atoms with Crippen LogP contribution in [0.4, 0.5) is 0 Å². The quantitative estimate of drug-likeness (QED) is 0.482. The molecule has 0 aliphatic rings. The number of pyridine rings is 1. The maximum absolute atomic E-state index is 12.4. The first-order valence-electron chi connectivity index (χ1n) is 7.31. The van der Waals surface area contributed by atoms with E-state index in [-0.39, 0.29) is 16.2 Å². The Kier molecular flexibility index (Phi) is 5.59. The van der Waals surface area contributed by atoms with Gasteiger partial charge < -0.3 is 5.11 Å². The van der Waals surface area contributed by atoms with Crippen LogP contribution in [0.2, 0.25) is 0 Å². The Bertz CT molecular complexity index is 886. The molecule has 0 aromatic carbocycles. The zero-order chi connectivity index (χ0) is 17.7. The molecule has 2 aromatic heterocycles. The van der Waals surface area contributed by atoms with Gasteiger partial charge in [0.05, 0.1) is 6.21 Å². The molecule has 0 bridgehead atoms. The lowest BCUT2D eigenvalue weighted by Crippen LogP contribution is -2.28. The van der Waals surface area contributed by atoms with Crippen molar-refractivity contribution in [2.75, 3.05) is 0 Å². The minimum absolute atomic E-state index is 0.0395. The summed E-state index contributed by atoms with van der Waals surface area (Å²) in [7, 11) is 0. The summed E-state index contributed by atoms with van der Waals surface area (Å²) < 4.78 is 3.01. The van der Waals surface area contributed by atoms with E-state index in [1.165, 1.54) is 33.7 Å². The molecule has 8 nitrogen and oxygen atoms in total. The van der Waals surface area contributed by atoms with Gasteiger partial charge in [-0.1, -0.05) is 0 Å². The first-order chi connectivity index (χ1) is 11.5. The Balaban J connectivity index is 2.34. The van der Waals surface area contributed by atoms with E-state index in [2.05, 4.69) is 15.5 Å². The van der Waals surface area contributed by atoms with Gasteiger partial charge in [0, 0.05) is 31.0 Å². The molecule has 24 heavy (non-hydrogen) atoms. The number of rotatable bonds is 5. The van der Waals surface area contributed by atoms with E-state index in [1.54, 1.807) is 13.8 Å². The van der Waals surface area contributed by atoms with Crippen LogP contribution in [0.3, 0.4) is 0 Å². The minimum Gasteiger partial charge on any atom is -0.494 e. The average molecular weight is 347 g/mol. The van der Waals surface area contributed by atoms with E-state index in [9.17, 15) is 14.7 Å². The summed E-state index contributed by atoms with van der Waals surface area (Å²) in [5.41, 5.74) is 2.17. The Morgan fingerprint density at radius 3 is 2.54 bits per heavy atom. The predicted molar refractivity (Wildman–Crippen MR) is 91.8 cm³/mol. The molecule has 0 saturated heterocycles. The molecule has 2 N–H and O–H groups in total. The average Bonchev–Trinajstić information content (AvgIpc) is 2.59. The van der Waals surface area contributed by atoms with Gasteiger partial charge in [0.25, 0.3) is 11.5 Å². The first kappa shape index (κ1) is 17.5. The van der Waals surface area contributed by atoms with Crippen molar-refractivity contribution in [1.29, 1.82) is 0 Å². The van der Waals surface area contributed by atoms with Crippen LogP contribution in [0, 0.1) is 4.77 Å². The highest BCUT2D eigenvalue weighted by molar-refractivity contribution is 7.71. The molecule has 0 aliphatic heterocycles. The number of nitrogens with one attached hydrogen (secondary N) is 1. The lowest BCUT2D eigenvalue weighted by atomic mass is 10.3. The zero-order valence-electron chi connectivity index (χ0n) is 13.3. The van der Waals surface area contributed by atoms with E-state index in [0.717, 1.165) is 6.21 Å². The van der Waals surface area contributed by atoms with Gasteiger partial charge in [-0.3, -0.25) is 23.7 Å². The lowest BCUT2D eigenvalue weighted by molar-refractivity contribution is 0.0955. The van der Waals surface area contributed by atoms with Crippen molar-refractivity contribution in [2.45, 2.75) is 26.9 Å². The highest BCUT2D eigenvalue weighted by atomic mass is 32.1. The number of hydrogen-bond acceptors (Lipinski definition) is 6. The number of amides is 1. The van der Waals surface area contributed by atoms with E-state index in [0.29, 0.717) is 18.7 Å². The molecule has 0 radical (unpaired) electrons. The van der Waals surface area contributed by atoms with Crippen molar-refractivity contribution >= 4 is 24.3 Å². The fourth-order valence-corrected chi connectivity index (χ4v) is 2.54. The van der Waals surface area contributed by atoms with Crippen LogP contribution in [0.25, 0.3) is 0 Å². The van der Waals surface area contributed by atoms with Crippen molar-refractivity contribution in [2.24, 2.45) is 5.10 Å². The SMILES string of the molecule is CCn1c(O)c(/C=N/NC(=O)c2ccncc2)c(=O)n(CC)c1=S. The second-order valence-electron chi connectivity index (χ2n) is 4.75. The fraction of sp³-hybridized carbons (Fsp3) is 0.267. The molecule has 1 amide bonds. The van der Waals surface area contributed by atoms with Crippen LogP contribution in [0.5, 0.6) is 5.88 Å². The van der Waals surface area contributed by atoms with E-state index in [1.807, 2.05) is 0 Å². The Morgan fingerprint density at radius 1 is 1.33 bits per heavy atom. The molecule has 2 aromatic rings. The maximum atomic E-state index is 12.4. The Hall–Kier alpha value is -2.81. The molecule has 0 aliphatic carbocycles. The fourth-order valence-electron chi connectivity index (χ4n) is 2.11. The monoisotopic (exact) mass is 347 g/mol. The van der Waals surface area contributed by atoms with Gasteiger partial charge in [-0.05, 0) is 38.2 Å². The molecule has 0 saturated carbocycles. The topological polar surface area (TPSA) is 102 Å². The van der Waals surface area contributed by atoms with Crippen LogP contribution in [0.1, 0.15) is 29.8 Å². The summed E-state index contributed by atoms with van der Waals surface area (Å²) >= 11 is 5.19. The van der Waals surface area contributed by atoms with Crippen molar-refractivity contribution < 1.29 is 9.90 Å². The highest BCUT2D eigenvalue weighted by Gasteiger charge is 2.14. The third kappa shape index (κ3) is 3.40. The first-order valence-corrected chi connectivity index (χ1v) is 7.72. The lowest BCUT2D eigenvalue weighted by Gasteiger charge is -2.13. The maximum Gasteiger partial charge on any atom is 0.271 e. The van der Waals surface area contributed by atoms with Crippen LogP contribution in [-0.2, 0) is 13.1 Å². The highest BCUT2D eigenvalue weighted by Crippen LogP contribution is 2.12. The molecule has 0 unspecified atom stereocenters. The second kappa shape index (κ2) is 7.64. The molecule has 0 atom stereocenters. The molecule has 2 rings (SSSR count). The van der Waals surface area contributed by atoms with Gasteiger partial charge in [0.15, 0.2) is 4.77 Å². The molecule has 0 fully saturated rings. The van der Waals surface area contributed by atoms with Crippen molar-refractivity contribution in [3.8, 4) is 5.88 Å². The van der Waals surface area contributed by atoms with Crippen molar-refractivity contribution in [3.63, 3.8) is 0 Å². The van der Waals surface area contributed by atoms with Crippen LogP contribution in [-0.4, -0.2) is 31.3 Å². The summed E-state index contributed by atoms with van der Waals surface area (Å²) in [5.74, 6) is -0.730. The number of aromatic hydroxyl groups is 1. The van der Waals surface area contributed by atoms with Gasteiger partial charge in [-0.15, -0.1) is 0 Å². The summed E-state index contributed by atoms with van der Waals surface area (Å²) in [6, 6.07) is 3.06. The number of carbonyl (C=O) groups excluding carboxylic acids is 1. The number of aromatic nitrogens is 3. The minimum atomic E-state index is -0.466. The summed E-state index contributed by atoms with van der Waals surface area (Å²) in [6.45, 7) is 4.34.